The number of aliphatic imine (C=N–C) groups is 1. The van der Waals surface area contributed by atoms with E-state index in [9.17, 15) is 4.79 Å². The van der Waals surface area contributed by atoms with Gasteiger partial charge in [-0.2, -0.15) is 0 Å². The summed E-state index contributed by atoms with van der Waals surface area (Å²) in [7, 11) is 0. The average Bonchev–Trinajstić information content (AvgIpc) is 2.72. The normalized spacial score (nSPS) is 23.9. The van der Waals surface area contributed by atoms with E-state index >= 15 is 0 Å². The third kappa shape index (κ3) is 3.74. The molecule has 0 N–H and O–H groups in total. The summed E-state index contributed by atoms with van der Waals surface area (Å²) in [6.45, 7) is 6.25. The summed E-state index contributed by atoms with van der Waals surface area (Å²) >= 11 is 0. The van der Waals surface area contributed by atoms with Crippen molar-refractivity contribution >= 4 is 12.2 Å². The van der Waals surface area contributed by atoms with E-state index in [1.54, 1.807) is 0 Å². The summed E-state index contributed by atoms with van der Waals surface area (Å²) in [5.74, 6) is 0.415. The van der Waals surface area contributed by atoms with Crippen LogP contribution in [0.3, 0.4) is 0 Å². The van der Waals surface area contributed by atoms with Gasteiger partial charge in [0.25, 0.3) is 0 Å². The Hall–Kier alpha value is -3.01. The second-order valence-corrected chi connectivity index (χ2v) is 8.14. The van der Waals surface area contributed by atoms with Crippen molar-refractivity contribution in [1.29, 1.82) is 0 Å². The lowest BCUT2D eigenvalue weighted by atomic mass is 9.63. The van der Waals surface area contributed by atoms with Crippen LogP contribution in [0, 0.1) is 5.92 Å². The van der Waals surface area contributed by atoms with Crippen LogP contribution in [0.2, 0.25) is 0 Å². The fraction of sp³-hybridized carbons (Fsp3) is 0.346. The molecule has 0 saturated heterocycles. The summed E-state index contributed by atoms with van der Waals surface area (Å²) < 4.78 is 5.46. The monoisotopic (exact) mass is 400 g/mol. The van der Waals surface area contributed by atoms with Gasteiger partial charge in [0.05, 0.1) is 5.69 Å². The molecular formula is C26H28N2O2. The molecule has 0 spiro atoms. The minimum absolute atomic E-state index is 0.234. The number of hydrogen-bond donors (Lipinski definition) is 0. The third-order valence-electron chi connectivity index (χ3n) is 5.92. The predicted molar refractivity (Wildman–Crippen MR) is 120 cm³/mol. The van der Waals surface area contributed by atoms with E-state index in [1.165, 1.54) is 11.1 Å². The highest BCUT2D eigenvalue weighted by molar-refractivity contribution is 5.80. The first-order valence-electron chi connectivity index (χ1n) is 10.7. The van der Waals surface area contributed by atoms with Crippen LogP contribution in [0.4, 0.5) is 0 Å². The summed E-state index contributed by atoms with van der Waals surface area (Å²) in [5.41, 5.74) is 5.38. The number of esters is 1. The number of allylic oxidation sites excluding steroid dienone is 2. The fourth-order valence-electron chi connectivity index (χ4n) is 4.74. The molecule has 154 valence electrons. The zero-order valence-corrected chi connectivity index (χ0v) is 17.9. The number of ether oxygens (including phenoxy) is 1. The van der Waals surface area contributed by atoms with Gasteiger partial charge in [0, 0.05) is 43.0 Å². The first-order valence-corrected chi connectivity index (χ1v) is 10.7. The van der Waals surface area contributed by atoms with Crippen molar-refractivity contribution in [3.63, 3.8) is 0 Å². The summed E-state index contributed by atoms with van der Waals surface area (Å²) in [6, 6.07) is 14.1. The maximum atomic E-state index is 11.9. The number of nitrogens with zero attached hydrogens (tertiary/aromatic N) is 2. The van der Waals surface area contributed by atoms with Crippen LogP contribution in [0.5, 0.6) is 5.88 Å². The van der Waals surface area contributed by atoms with Crippen molar-refractivity contribution in [3.8, 4) is 5.88 Å². The second-order valence-electron chi connectivity index (χ2n) is 8.14. The van der Waals surface area contributed by atoms with Gasteiger partial charge in [-0.1, -0.05) is 55.0 Å². The highest BCUT2D eigenvalue weighted by atomic mass is 16.5. The zero-order chi connectivity index (χ0) is 21.1. The molecule has 1 aromatic carbocycles. The Kier molecular flexibility index (Phi) is 5.67. The van der Waals surface area contributed by atoms with Crippen LogP contribution in [0.15, 0.2) is 70.8 Å². The highest BCUT2D eigenvalue weighted by Crippen LogP contribution is 2.52. The zero-order valence-electron chi connectivity index (χ0n) is 17.9. The molecule has 2 aromatic rings. The Balaban J connectivity index is 1.79. The molecule has 2 aliphatic carbocycles. The van der Waals surface area contributed by atoms with Crippen molar-refractivity contribution in [1.82, 2.24) is 4.98 Å². The van der Waals surface area contributed by atoms with Gasteiger partial charge in [0.2, 0.25) is 5.88 Å². The second kappa shape index (κ2) is 8.39. The number of aromatic nitrogens is 1. The first-order chi connectivity index (χ1) is 14.6. The summed E-state index contributed by atoms with van der Waals surface area (Å²) in [5, 5.41) is 0. The largest absolute Gasteiger partial charge is 0.407 e. The molecular weight excluding hydrogens is 372 g/mol. The summed E-state index contributed by atoms with van der Waals surface area (Å²) in [6.07, 6.45) is 9.32. The lowest BCUT2D eigenvalue weighted by Gasteiger charge is -2.45. The highest BCUT2D eigenvalue weighted by Gasteiger charge is 2.46. The lowest BCUT2D eigenvalue weighted by Crippen LogP contribution is -2.39. The van der Waals surface area contributed by atoms with E-state index in [-0.39, 0.29) is 11.9 Å². The Morgan fingerprint density at radius 3 is 2.80 bits per heavy atom. The Bertz CT molecular complexity index is 1040. The van der Waals surface area contributed by atoms with Crippen molar-refractivity contribution < 1.29 is 9.53 Å². The van der Waals surface area contributed by atoms with Crippen LogP contribution < -0.4 is 4.74 Å². The minimum atomic E-state index is -0.458. The molecule has 30 heavy (non-hydrogen) atoms. The SMILES string of the molecule is CC=C1C2C=C(C)CC1(N=Cc1ccccc1)c1ccc(OC(=O)CCC)nc1C2. The maximum Gasteiger partial charge on any atom is 0.312 e. The molecule has 4 rings (SSSR count). The molecule has 0 amide bonds. The van der Waals surface area contributed by atoms with Gasteiger partial charge in [-0.15, -0.1) is 0 Å². The lowest BCUT2D eigenvalue weighted by molar-refractivity contribution is -0.134. The molecule has 1 heterocycles. The Morgan fingerprint density at radius 2 is 2.07 bits per heavy atom. The summed E-state index contributed by atoms with van der Waals surface area (Å²) in [4.78, 5) is 21.9. The van der Waals surface area contributed by atoms with Gasteiger partial charge in [0.15, 0.2) is 0 Å². The quantitative estimate of drug-likeness (QED) is 0.374. The minimum Gasteiger partial charge on any atom is -0.407 e. The van der Waals surface area contributed by atoms with Gasteiger partial charge in [-0.25, -0.2) is 4.98 Å². The van der Waals surface area contributed by atoms with Crippen molar-refractivity contribution in [2.75, 3.05) is 0 Å². The molecule has 2 bridgehead atoms. The van der Waals surface area contributed by atoms with E-state index in [4.69, 9.17) is 14.7 Å². The number of fused-ring (bicyclic) bond motifs is 4. The van der Waals surface area contributed by atoms with E-state index in [1.807, 2.05) is 37.4 Å². The topological polar surface area (TPSA) is 51.5 Å². The number of pyridine rings is 1. The fourth-order valence-corrected chi connectivity index (χ4v) is 4.74. The van der Waals surface area contributed by atoms with Crippen molar-refractivity contribution in [2.24, 2.45) is 10.9 Å². The van der Waals surface area contributed by atoms with Crippen molar-refractivity contribution in [3.05, 3.63) is 82.6 Å². The standard InChI is InChI=1S/C26H28N2O2/c1-4-9-25(29)30-24-13-12-22-23(28-24)15-20-14-18(3)16-26(22,21(20)5-2)27-17-19-10-7-6-8-11-19/h5-8,10-14,17,20H,4,9,15-16H2,1-3H3. The number of hydrogen-bond acceptors (Lipinski definition) is 4. The smallest absolute Gasteiger partial charge is 0.312 e. The molecule has 2 aliphatic rings. The molecule has 0 saturated carbocycles. The Morgan fingerprint density at radius 1 is 1.27 bits per heavy atom. The number of rotatable bonds is 5. The van der Waals surface area contributed by atoms with E-state index < -0.39 is 5.54 Å². The van der Waals surface area contributed by atoms with Crippen LogP contribution in [0.1, 0.15) is 56.9 Å². The van der Waals surface area contributed by atoms with E-state index in [0.717, 1.165) is 36.1 Å². The average molecular weight is 401 g/mol. The Labute approximate surface area is 178 Å². The maximum absolute atomic E-state index is 11.9. The number of benzene rings is 1. The third-order valence-corrected chi connectivity index (χ3v) is 5.92. The van der Waals surface area contributed by atoms with Crippen LogP contribution >= 0.6 is 0 Å². The molecule has 2 atom stereocenters. The van der Waals surface area contributed by atoms with Crippen LogP contribution in [-0.2, 0) is 16.8 Å². The molecule has 4 heteroatoms. The van der Waals surface area contributed by atoms with E-state index in [0.29, 0.717) is 12.3 Å². The van der Waals surface area contributed by atoms with Crippen LogP contribution in [0.25, 0.3) is 0 Å². The molecule has 0 fully saturated rings. The van der Waals surface area contributed by atoms with Crippen LogP contribution in [-0.4, -0.2) is 17.2 Å². The molecule has 1 aromatic heterocycles. The molecule has 0 radical (unpaired) electrons. The molecule has 0 aliphatic heterocycles. The van der Waals surface area contributed by atoms with Gasteiger partial charge in [-0.3, -0.25) is 9.79 Å². The predicted octanol–water partition coefficient (Wildman–Crippen LogP) is 5.57. The van der Waals surface area contributed by atoms with Gasteiger partial charge >= 0.3 is 5.97 Å². The van der Waals surface area contributed by atoms with Gasteiger partial charge in [-0.05, 0) is 37.5 Å². The number of carbonyl (C=O) groups excluding carboxylic acids is 1. The molecule has 4 nitrogen and oxygen atoms in total. The number of carbonyl (C=O) groups is 1. The van der Waals surface area contributed by atoms with Crippen molar-refractivity contribution in [2.45, 2.75) is 52.0 Å². The van der Waals surface area contributed by atoms with Gasteiger partial charge in [0.1, 0.15) is 5.54 Å². The van der Waals surface area contributed by atoms with Gasteiger partial charge < -0.3 is 4.74 Å². The van der Waals surface area contributed by atoms with E-state index in [2.05, 4.69) is 44.2 Å². The molecule has 2 unspecified atom stereocenters. The first kappa shape index (κ1) is 20.3.